The van der Waals surface area contributed by atoms with Crippen LogP contribution in [-0.4, -0.2) is 55.6 Å². The van der Waals surface area contributed by atoms with Gasteiger partial charge in [-0.05, 0) is 36.9 Å². The number of likely N-dealkylation sites (N-methyl/N-ethyl adjacent to an activating group) is 1. The molecular weight excluding hydrogens is 266 g/mol. The van der Waals surface area contributed by atoms with Gasteiger partial charge in [0.2, 0.25) is 0 Å². The second-order valence-electron chi connectivity index (χ2n) is 6.31. The molecule has 0 radical (unpaired) electrons. The molecule has 1 aliphatic heterocycles. The molecule has 3 nitrogen and oxygen atoms in total. The zero-order valence-electron chi connectivity index (χ0n) is 13.4. The lowest BCUT2D eigenvalue weighted by atomic mass is 10.0. The van der Waals surface area contributed by atoms with Crippen LogP contribution in [-0.2, 0) is 6.54 Å². The number of nitrogens with one attached hydrogen (secondary N) is 1. The molecule has 4 heteroatoms. The van der Waals surface area contributed by atoms with E-state index in [1.807, 2.05) is 11.3 Å². The summed E-state index contributed by atoms with van der Waals surface area (Å²) in [6.45, 7) is 13.8. The highest BCUT2D eigenvalue weighted by molar-refractivity contribution is 7.10. The van der Waals surface area contributed by atoms with Crippen LogP contribution in [0.3, 0.4) is 0 Å². The van der Waals surface area contributed by atoms with Crippen LogP contribution in [0.1, 0.15) is 24.3 Å². The first-order valence-corrected chi connectivity index (χ1v) is 8.62. The minimum Gasteiger partial charge on any atom is -0.310 e. The van der Waals surface area contributed by atoms with Crippen molar-refractivity contribution in [3.05, 3.63) is 21.9 Å². The van der Waals surface area contributed by atoms with Gasteiger partial charge in [-0.25, -0.2) is 0 Å². The second-order valence-corrected chi connectivity index (χ2v) is 7.31. The van der Waals surface area contributed by atoms with Crippen molar-refractivity contribution in [2.75, 3.05) is 39.8 Å². The first kappa shape index (κ1) is 16.0. The molecule has 2 rings (SSSR count). The largest absolute Gasteiger partial charge is 0.310 e. The number of thiophene rings is 1. The third kappa shape index (κ3) is 4.29. The zero-order valence-corrected chi connectivity index (χ0v) is 14.2. The van der Waals surface area contributed by atoms with Gasteiger partial charge in [0.25, 0.3) is 0 Å². The Hall–Kier alpha value is -0.420. The van der Waals surface area contributed by atoms with Gasteiger partial charge in [-0.15, -0.1) is 11.3 Å². The second kappa shape index (κ2) is 7.55. The third-order valence-electron chi connectivity index (χ3n) is 4.38. The molecule has 20 heavy (non-hydrogen) atoms. The first-order valence-electron chi connectivity index (χ1n) is 7.74. The van der Waals surface area contributed by atoms with Crippen LogP contribution in [0.25, 0.3) is 0 Å². The van der Waals surface area contributed by atoms with E-state index in [4.69, 9.17) is 0 Å². The zero-order chi connectivity index (χ0) is 14.5. The van der Waals surface area contributed by atoms with Crippen LogP contribution in [0.15, 0.2) is 11.4 Å². The van der Waals surface area contributed by atoms with Crippen LogP contribution in [0.2, 0.25) is 0 Å². The molecule has 2 heterocycles. The van der Waals surface area contributed by atoms with Gasteiger partial charge in [-0.3, -0.25) is 4.90 Å². The minimum absolute atomic E-state index is 0.656. The van der Waals surface area contributed by atoms with Gasteiger partial charge in [-0.2, -0.15) is 0 Å². The molecule has 114 valence electrons. The van der Waals surface area contributed by atoms with E-state index in [0.29, 0.717) is 12.0 Å². The van der Waals surface area contributed by atoms with Crippen LogP contribution in [0.5, 0.6) is 0 Å². The maximum atomic E-state index is 3.67. The summed E-state index contributed by atoms with van der Waals surface area (Å²) in [5.74, 6) is 0.704. The molecule has 0 saturated carbocycles. The van der Waals surface area contributed by atoms with Crippen LogP contribution in [0, 0.1) is 12.8 Å². The van der Waals surface area contributed by atoms with E-state index < -0.39 is 0 Å². The molecule has 1 N–H and O–H groups in total. The van der Waals surface area contributed by atoms with E-state index in [9.17, 15) is 0 Å². The summed E-state index contributed by atoms with van der Waals surface area (Å²) in [5, 5.41) is 5.86. The maximum Gasteiger partial charge on any atom is 0.0303 e. The van der Waals surface area contributed by atoms with E-state index in [2.05, 4.69) is 54.4 Å². The van der Waals surface area contributed by atoms with Crippen LogP contribution >= 0.6 is 11.3 Å². The number of hydrogen-bond donors (Lipinski definition) is 1. The lowest BCUT2D eigenvalue weighted by Gasteiger charge is -2.40. The average Bonchev–Trinajstić information content (AvgIpc) is 2.81. The Morgan fingerprint density at radius 2 is 1.95 bits per heavy atom. The molecule has 1 aromatic heterocycles. The Labute approximate surface area is 128 Å². The fourth-order valence-electron chi connectivity index (χ4n) is 2.86. The van der Waals surface area contributed by atoms with Gasteiger partial charge in [0.1, 0.15) is 0 Å². The topological polar surface area (TPSA) is 18.5 Å². The van der Waals surface area contributed by atoms with Crippen molar-refractivity contribution in [3.63, 3.8) is 0 Å². The van der Waals surface area contributed by atoms with E-state index in [1.54, 1.807) is 0 Å². The standard InChI is InChI=1S/C16H29N3S/c1-13(2)15(19-8-6-18(4)7-9-19)11-17-12-16-14(3)5-10-20-16/h5,10,13,15,17H,6-9,11-12H2,1-4H3. The number of rotatable bonds is 6. The predicted octanol–water partition coefficient (Wildman–Crippen LogP) is 2.42. The Morgan fingerprint density at radius 3 is 2.50 bits per heavy atom. The van der Waals surface area contributed by atoms with Gasteiger partial charge in [-0.1, -0.05) is 13.8 Å². The molecule has 1 aliphatic rings. The molecule has 0 aliphatic carbocycles. The Kier molecular flexibility index (Phi) is 6.02. The summed E-state index contributed by atoms with van der Waals surface area (Å²) in [4.78, 5) is 6.57. The van der Waals surface area contributed by atoms with Crippen LogP contribution < -0.4 is 5.32 Å². The maximum absolute atomic E-state index is 3.67. The van der Waals surface area contributed by atoms with Gasteiger partial charge in [0, 0.05) is 50.2 Å². The van der Waals surface area contributed by atoms with E-state index in [1.165, 1.54) is 36.6 Å². The molecule has 0 bridgehead atoms. The van der Waals surface area contributed by atoms with Gasteiger partial charge >= 0.3 is 0 Å². The van der Waals surface area contributed by atoms with E-state index in [0.717, 1.165) is 13.1 Å². The highest BCUT2D eigenvalue weighted by atomic mass is 32.1. The van der Waals surface area contributed by atoms with Crippen molar-refractivity contribution in [1.29, 1.82) is 0 Å². The smallest absolute Gasteiger partial charge is 0.0303 e. The molecule has 0 amide bonds. The SMILES string of the molecule is Cc1ccsc1CNCC(C(C)C)N1CCN(C)CC1. The number of nitrogens with zero attached hydrogens (tertiary/aromatic N) is 2. The number of hydrogen-bond acceptors (Lipinski definition) is 4. The number of piperazine rings is 1. The molecule has 1 saturated heterocycles. The summed E-state index contributed by atoms with van der Waals surface area (Å²) < 4.78 is 0. The van der Waals surface area contributed by atoms with Crippen molar-refractivity contribution in [3.8, 4) is 0 Å². The van der Waals surface area contributed by atoms with Gasteiger partial charge in [0.05, 0.1) is 0 Å². The van der Waals surface area contributed by atoms with Crippen molar-refractivity contribution < 1.29 is 0 Å². The normalized spacial score (nSPS) is 19.6. The van der Waals surface area contributed by atoms with E-state index >= 15 is 0 Å². The van der Waals surface area contributed by atoms with Crippen molar-refractivity contribution in [1.82, 2.24) is 15.1 Å². The molecular formula is C16H29N3S. The Bertz CT molecular complexity index is 394. The molecule has 1 unspecified atom stereocenters. The Balaban J connectivity index is 1.82. The average molecular weight is 295 g/mol. The summed E-state index contributed by atoms with van der Waals surface area (Å²) >= 11 is 1.86. The summed E-state index contributed by atoms with van der Waals surface area (Å²) in [7, 11) is 2.22. The first-order chi connectivity index (χ1) is 9.58. The lowest BCUT2D eigenvalue weighted by molar-refractivity contribution is 0.0875. The highest BCUT2D eigenvalue weighted by Gasteiger charge is 2.24. The molecule has 1 fully saturated rings. The highest BCUT2D eigenvalue weighted by Crippen LogP contribution is 2.16. The number of aryl methyl sites for hydroxylation is 1. The minimum atomic E-state index is 0.656. The molecule has 1 aromatic rings. The van der Waals surface area contributed by atoms with Crippen molar-refractivity contribution in [2.24, 2.45) is 5.92 Å². The monoisotopic (exact) mass is 295 g/mol. The summed E-state index contributed by atoms with van der Waals surface area (Å²) in [5.41, 5.74) is 1.42. The molecule has 0 spiro atoms. The third-order valence-corrected chi connectivity index (χ3v) is 5.41. The Morgan fingerprint density at radius 1 is 1.25 bits per heavy atom. The van der Waals surface area contributed by atoms with Gasteiger partial charge in [0.15, 0.2) is 0 Å². The summed E-state index contributed by atoms with van der Waals surface area (Å²) in [6.07, 6.45) is 0. The van der Waals surface area contributed by atoms with Crippen molar-refractivity contribution >= 4 is 11.3 Å². The van der Waals surface area contributed by atoms with Gasteiger partial charge < -0.3 is 10.2 Å². The quantitative estimate of drug-likeness (QED) is 0.869. The lowest BCUT2D eigenvalue weighted by Crippen LogP contribution is -2.53. The van der Waals surface area contributed by atoms with Crippen molar-refractivity contribution in [2.45, 2.75) is 33.4 Å². The predicted molar refractivity (Wildman–Crippen MR) is 88.5 cm³/mol. The van der Waals surface area contributed by atoms with Crippen LogP contribution in [0.4, 0.5) is 0 Å². The summed E-state index contributed by atoms with van der Waals surface area (Å²) in [6, 6.07) is 2.87. The fourth-order valence-corrected chi connectivity index (χ4v) is 3.73. The molecule has 0 aromatic carbocycles. The van der Waals surface area contributed by atoms with E-state index in [-0.39, 0.29) is 0 Å². The fraction of sp³-hybridized carbons (Fsp3) is 0.750. The molecule has 1 atom stereocenters.